The topological polar surface area (TPSA) is 110 Å². The van der Waals surface area contributed by atoms with Crippen molar-refractivity contribution in [2.75, 3.05) is 37.5 Å². The Morgan fingerprint density at radius 1 is 1.00 bits per heavy atom. The van der Waals surface area contributed by atoms with Crippen molar-refractivity contribution < 1.29 is 19.0 Å². The number of carbonyl (C=O) groups excluding carboxylic acids is 1. The minimum Gasteiger partial charge on any atom is -0.497 e. The zero-order valence-corrected chi connectivity index (χ0v) is 25.8. The van der Waals surface area contributed by atoms with Gasteiger partial charge in [-0.1, -0.05) is 13.8 Å². The zero-order chi connectivity index (χ0) is 30.9. The van der Waals surface area contributed by atoms with Crippen LogP contribution in [0, 0.1) is 0 Å². The van der Waals surface area contributed by atoms with Gasteiger partial charge in [-0.3, -0.25) is 15.3 Å². The van der Waals surface area contributed by atoms with E-state index in [0.29, 0.717) is 41.3 Å². The first kappa shape index (κ1) is 32.1. The van der Waals surface area contributed by atoms with Crippen LogP contribution in [0.25, 0.3) is 0 Å². The number of nitrogens with one attached hydrogen (secondary N) is 2. The molecule has 1 amide bonds. The number of pyridine rings is 1. The van der Waals surface area contributed by atoms with Gasteiger partial charge < -0.3 is 24.4 Å². The summed E-state index contributed by atoms with van der Waals surface area (Å²) in [6.45, 7) is 16.7. The summed E-state index contributed by atoms with van der Waals surface area (Å²) in [6, 6.07) is 15.6. The van der Waals surface area contributed by atoms with Crippen LogP contribution >= 0.6 is 0 Å². The normalized spacial score (nSPS) is 11.7. The lowest BCUT2D eigenvalue weighted by molar-refractivity contribution is 0.0635. The first-order valence-corrected chi connectivity index (χ1v) is 13.8. The smallest absolute Gasteiger partial charge is 0.413 e. The predicted molar refractivity (Wildman–Crippen MR) is 171 cm³/mol. The molecule has 2 aromatic carbocycles. The van der Waals surface area contributed by atoms with Gasteiger partial charge in [0.25, 0.3) is 0 Å². The minimum absolute atomic E-state index is 0.348. The Morgan fingerprint density at radius 2 is 1.69 bits per heavy atom. The number of methoxy groups -OCH3 is 2. The van der Waals surface area contributed by atoms with Gasteiger partial charge in [-0.05, 0) is 64.7 Å². The molecule has 3 rings (SSSR count). The molecule has 0 unspecified atom stereocenters. The highest BCUT2D eigenvalue weighted by atomic mass is 16.6. The molecule has 0 aliphatic rings. The van der Waals surface area contributed by atoms with E-state index in [2.05, 4.69) is 46.1 Å². The first-order valence-electron chi connectivity index (χ1n) is 13.8. The molecule has 1 heterocycles. The van der Waals surface area contributed by atoms with Crippen molar-refractivity contribution in [2.45, 2.75) is 53.2 Å². The third kappa shape index (κ3) is 9.31. The fourth-order valence-corrected chi connectivity index (χ4v) is 4.06. The van der Waals surface area contributed by atoms with Gasteiger partial charge in [0.1, 0.15) is 22.9 Å². The lowest BCUT2D eigenvalue weighted by Gasteiger charge is -2.27. The van der Waals surface area contributed by atoms with Gasteiger partial charge in [-0.25, -0.2) is 9.78 Å². The van der Waals surface area contributed by atoms with E-state index in [9.17, 15) is 4.79 Å². The molecule has 0 fully saturated rings. The van der Waals surface area contributed by atoms with Gasteiger partial charge >= 0.3 is 6.09 Å². The van der Waals surface area contributed by atoms with Gasteiger partial charge in [0, 0.05) is 66.2 Å². The molecule has 10 nitrogen and oxygen atoms in total. The van der Waals surface area contributed by atoms with Crippen molar-refractivity contribution in [1.29, 1.82) is 0 Å². The summed E-state index contributed by atoms with van der Waals surface area (Å²) in [5.41, 5.74) is 4.07. The summed E-state index contributed by atoms with van der Waals surface area (Å²) in [4.78, 5) is 27.7. The Kier molecular flexibility index (Phi) is 11.0. The number of carbonyl (C=O) groups is 1. The average molecular weight is 575 g/mol. The molecular formula is C32H42N6O4. The van der Waals surface area contributed by atoms with E-state index >= 15 is 0 Å². The molecule has 0 atom stereocenters. The number of hydrogen-bond donors (Lipinski definition) is 2. The first-order chi connectivity index (χ1) is 19.9. The number of aromatic nitrogens is 1. The van der Waals surface area contributed by atoms with Crippen molar-refractivity contribution in [3.8, 4) is 11.5 Å². The molecule has 1 aromatic heterocycles. The summed E-state index contributed by atoms with van der Waals surface area (Å²) in [5.74, 6) is 1.78. The lowest BCUT2D eigenvalue weighted by atomic mass is 10.1. The second-order valence-electron chi connectivity index (χ2n) is 10.9. The van der Waals surface area contributed by atoms with Crippen molar-refractivity contribution in [2.24, 2.45) is 9.98 Å². The van der Waals surface area contributed by atoms with E-state index in [1.807, 2.05) is 49.4 Å². The summed E-state index contributed by atoms with van der Waals surface area (Å²) < 4.78 is 16.4. The molecular weight excluding hydrogens is 532 g/mol. The SMILES string of the molecule is C=Nc1ccc(N(CCNC(C)C)c2cc(OC)cc(OC)c2)cc1/N=C(\C)c1ccc(NC(=O)OC(C)(C)C)nc1. The van der Waals surface area contributed by atoms with Crippen LogP contribution in [-0.2, 0) is 4.74 Å². The molecule has 0 radical (unpaired) electrons. The molecule has 0 saturated heterocycles. The van der Waals surface area contributed by atoms with E-state index in [4.69, 9.17) is 19.2 Å². The number of benzene rings is 2. The summed E-state index contributed by atoms with van der Waals surface area (Å²) in [7, 11) is 3.27. The molecule has 0 saturated carbocycles. The molecule has 10 heteroatoms. The maximum absolute atomic E-state index is 12.1. The number of aliphatic imine (C=N–C) groups is 2. The summed E-state index contributed by atoms with van der Waals surface area (Å²) in [6.07, 6.45) is 1.09. The molecule has 3 aromatic rings. The molecule has 0 spiro atoms. The van der Waals surface area contributed by atoms with Crippen LogP contribution in [-0.4, -0.2) is 62.5 Å². The second-order valence-corrected chi connectivity index (χ2v) is 10.9. The zero-order valence-electron chi connectivity index (χ0n) is 25.8. The van der Waals surface area contributed by atoms with Crippen molar-refractivity contribution in [3.05, 3.63) is 60.3 Å². The van der Waals surface area contributed by atoms with Gasteiger partial charge in [0.2, 0.25) is 0 Å². The maximum Gasteiger partial charge on any atom is 0.413 e. The lowest BCUT2D eigenvalue weighted by Crippen LogP contribution is -2.32. The quantitative estimate of drug-likeness (QED) is 0.223. The van der Waals surface area contributed by atoms with Gasteiger partial charge in [0.15, 0.2) is 0 Å². The van der Waals surface area contributed by atoms with E-state index in [1.54, 1.807) is 47.3 Å². The summed E-state index contributed by atoms with van der Waals surface area (Å²) in [5, 5.41) is 6.13. The number of ether oxygens (including phenoxy) is 3. The van der Waals surface area contributed by atoms with Crippen LogP contribution in [0.4, 0.5) is 33.4 Å². The number of anilines is 3. The fraction of sp³-hybridized carbons (Fsp3) is 0.375. The number of amides is 1. The Labute approximate surface area is 248 Å². The van der Waals surface area contributed by atoms with Gasteiger partial charge in [0.05, 0.1) is 25.6 Å². The van der Waals surface area contributed by atoms with Crippen molar-refractivity contribution in [1.82, 2.24) is 10.3 Å². The Hall–Kier alpha value is -4.44. The molecule has 0 aliphatic heterocycles. The van der Waals surface area contributed by atoms with Crippen LogP contribution < -0.4 is 25.0 Å². The summed E-state index contributed by atoms with van der Waals surface area (Å²) >= 11 is 0. The molecule has 0 bridgehead atoms. The van der Waals surface area contributed by atoms with Crippen LogP contribution in [0.1, 0.15) is 47.1 Å². The van der Waals surface area contributed by atoms with Crippen LogP contribution in [0.15, 0.2) is 64.7 Å². The molecule has 2 N–H and O–H groups in total. The maximum atomic E-state index is 12.1. The highest BCUT2D eigenvalue weighted by Gasteiger charge is 2.17. The van der Waals surface area contributed by atoms with E-state index in [-0.39, 0.29) is 0 Å². The highest BCUT2D eigenvalue weighted by molar-refractivity contribution is 6.01. The minimum atomic E-state index is -0.599. The Morgan fingerprint density at radius 3 is 2.24 bits per heavy atom. The standard InChI is InChI=1S/C32H42N6O4/c1-21(2)34-14-15-38(25-16-26(40-8)19-27(17-25)41-9)24-11-12-28(33-7)29(18-24)36-22(3)23-10-13-30(35-20-23)37-31(39)42-32(4,5)6/h10-13,16-21,34H,7,14-15H2,1-6,8-9H3,(H,35,37,39)/b36-22+. The third-order valence-corrected chi connectivity index (χ3v) is 6.08. The predicted octanol–water partition coefficient (Wildman–Crippen LogP) is 7.05. The van der Waals surface area contributed by atoms with E-state index < -0.39 is 11.7 Å². The number of rotatable bonds is 12. The van der Waals surface area contributed by atoms with Crippen LogP contribution in [0.2, 0.25) is 0 Å². The van der Waals surface area contributed by atoms with E-state index in [1.165, 1.54) is 0 Å². The van der Waals surface area contributed by atoms with Crippen molar-refractivity contribution in [3.63, 3.8) is 0 Å². The Balaban J connectivity index is 1.95. The Bertz CT molecular complexity index is 1370. The number of nitrogens with zero attached hydrogens (tertiary/aromatic N) is 4. The van der Waals surface area contributed by atoms with Crippen LogP contribution in [0.5, 0.6) is 11.5 Å². The fourth-order valence-electron chi connectivity index (χ4n) is 4.06. The third-order valence-electron chi connectivity index (χ3n) is 6.08. The molecule has 42 heavy (non-hydrogen) atoms. The molecule has 224 valence electrons. The van der Waals surface area contributed by atoms with Crippen LogP contribution in [0.3, 0.4) is 0 Å². The van der Waals surface area contributed by atoms with E-state index in [0.717, 1.165) is 29.2 Å². The highest BCUT2D eigenvalue weighted by Crippen LogP contribution is 2.37. The second kappa shape index (κ2) is 14.5. The van der Waals surface area contributed by atoms with Gasteiger partial charge in [-0.2, -0.15) is 0 Å². The van der Waals surface area contributed by atoms with Gasteiger partial charge in [-0.15, -0.1) is 0 Å². The largest absolute Gasteiger partial charge is 0.497 e. The van der Waals surface area contributed by atoms with Crippen molar-refractivity contribution >= 4 is 47.1 Å². The number of hydrogen-bond acceptors (Lipinski definition) is 9. The average Bonchev–Trinajstić information content (AvgIpc) is 2.94. The monoisotopic (exact) mass is 574 g/mol. The molecule has 0 aliphatic carbocycles.